The summed E-state index contributed by atoms with van der Waals surface area (Å²) in [6.07, 6.45) is 0. The minimum absolute atomic E-state index is 0.159. The smallest absolute Gasteiger partial charge is 0.325 e. The van der Waals surface area contributed by atoms with E-state index in [2.05, 4.69) is 10.3 Å². The number of aromatic nitrogens is 2. The molecule has 28 heavy (non-hydrogen) atoms. The van der Waals surface area contributed by atoms with E-state index in [4.69, 9.17) is 9.47 Å². The Morgan fingerprint density at radius 3 is 2.71 bits per heavy atom. The van der Waals surface area contributed by atoms with Crippen LogP contribution in [0.5, 0.6) is 5.75 Å². The van der Waals surface area contributed by atoms with Crippen LogP contribution in [0.4, 0.5) is 0 Å². The van der Waals surface area contributed by atoms with Crippen molar-refractivity contribution < 1.29 is 19.1 Å². The molecule has 0 spiro atoms. The number of ether oxygens (including phenoxy) is 2. The zero-order chi connectivity index (χ0) is 20.1. The molecule has 8 nitrogen and oxygen atoms in total. The van der Waals surface area contributed by atoms with Crippen LogP contribution in [0.3, 0.4) is 0 Å². The van der Waals surface area contributed by atoms with Gasteiger partial charge in [0.2, 0.25) is 0 Å². The van der Waals surface area contributed by atoms with Crippen molar-refractivity contribution in [3.05, 3.63) is 75.8 Å². The zero-order valence-electron chi connectivity index (χ0n) is 15.5. The van der Waals surface area contributed by atoms with E-state index >= 15 is 0 Å². The van der Waals surface area contributed by atoms with E-state index < -0.39 is 11.9 Å². The Morgan fingerprint density at radius 1 is 1.14 bits per heavy atom. The molecule has 0 saturated carbocycles. The number of rotatable bonds is 6. The molecule has 144 valence electrons. The number of aryl methyl sites for hydroxylation is 1. The Bertz CT molecular complexity index is 1090. The van der Waals surface area contributed by atoms with Crippen LogP contribution < -0.4 is 15.6 Å². The molecule has 0 fully saturated rings. The summed E-state index contributed by atoms with van der Waals surface area (Å²) >= 11 is 0. The summed E-state index contributed by atoms with van der Waals surface area (Å²) in [6, 6.07) is 13.2. The molecule has 0 aliphatic rings. The molecule has 3 aromatic rings. The van der Waals surface area contributed by atoms with Gasteiger partial charge in [0.25, 0.3) is 11.5 Å². The van der Waals surface area contributed by atoms with Gasteiger partial charge in [-0.15, -0.1) is 0 Å². The van der Waals surface area contributed by atoms with E-state index in [1.807, 2.05) is 0 Å². The fourth-order valence-electron chi connectivity index (χ4n) is 2.66. The maximum Gasteiger partial charge on any atom is 0.325 e. The third-order valence-electron chi connectivity index (χ3n) is 4.04. The standard InChI is InChI=1S/C20H19N3O5/c1-13-5-3-8-17-22-15(10-18(24)23(13)17)12-28-19(25)11-21-20(26)14-6-4-7-16(9-14)27-2/h3-10H,11-12H2,1-2H3,(H,21,26). The van der Waals surface area contributed by atoms with Gasteiger partial charge >= 0.3 is 5.97 Å². The van der Waals surface area contributed by atoms with Crippen LogP contribution in [0.1, 0.15) is 21.7 Å². The molecule has 2 aromatic heterocycles. The number of carbonyl (C=O) groups is 2. The highest BCUT2D eigenvalue weighted by Gasteiger charge is 2.11. The maximum absolute atomic E-state index is 12.2. The summed E-state index contributed by atoms with van der Waals surface area (Å²) in [6.45, 7) is 1.34. The van der Waals surface area contributed by atoms with Crippen molar-refractivity contribution >= 4 is 17.5 Å². The SMILES string of the molecule is COc1cccc(C(=O)NCC(=O)OCc2cc(=O)n3c(C)cccc3n2)c1. The average molecular weight is 381 g/mol. The first-order valence-corrected chi connectivity index (χ1v) is 8.54. The predicted octanol–water partition coefficient (Wildman–Crippen LogP) is 1.48. The molecular formula is C20H19N3O5. The lowest BCUT2D eigenvalue weighted by atomic mass is 10.2. The lowest BCUT2D eigenvalue weighted by molar-refractivity contribution is -0.143. The molecule has 0 radical (unpaired) electrons. The normalized spacial score (nSPS) is 10.5. The highest BCUT2D eigenvalue weighted by Crippen LogP contribution is 2.12. The van der Waals surface area contributed by atoms with Crippen LogP contribution in [-0.2, 0) is 16.1 Å². The molecule has 1 N–H and O–H groups in total. The second-order valence-electron chi connectivity index (χ2n) is 6.02. The number of hydrogen-bond donors (Lipinski definition) is 1. The number of hydrogen-bond acceptors (Lipinski definition) is 6. The highest BCUT2D eigenvalue weighted by atomic mass is 16.5. The lowest BCUT2D eigenvalue weighted by Crippen LogP contribution is -2.30. The molecule has 0 saturated heterocycles. The number of nitrogens with zero attached hydrogens (tertiary/aromatic N) is 2. The molecule has 8 heteroatoms. The summed E-state index contributed by atoms with van der Waals surface area (Å²) < 4.78 is 11.6. The zero-order valence-corrected chi connectivity index (χ0v) is 15.5. The summed E-state index contributed by atoms with van der Waals surface area (Å²) in [7, 11) is 1.50. The van der Waals surface area contributed by atoms with Gasteiger partial charge in [-0.1, -0.05) is 12.1 Å². The van der Waals surface area contributed by atoms with Gasteiger partial charge in [-0.25, -0.2) is 4.98 Å². The number of fused-ring (bicyclic) bond motifs is 1. The van der Waals surface area contributed by atoms with E-state index in [0.717, 1.165) is 5.69 Å². The summed E-state index contributed by atoms with van der Waals surface area (Å²) in [5, 5.41) is 2.48. The number of carbonyl (C=O) groups excluding carboxylic acids is 2. The number of amides is 1. The number of methoxy groups -OCH3 is 1. The third-order valence-corrected chi connectivity index (χ3v) is 4.04. The number of nitrogens with one attached hydrogen (secondary N) is 1. The molecule has 0 bridgehead atoms. The van der Waals surface area contributed by atoms with Gasteiger partial charge in [0.05, 0.1) is 12.8 Å². The van der Waals surface area contributed by atoms with Gasteiger partial charge in [0, 0.05) is 17.3 Å². The van der Waals surface area contributed by atoms with Gasteiger partial charge in [-0.05, 0) is 37.3 Å². The predicted molar refractivity (Wildman–Crippen MR) is 101 cm³/mol. The molecule has 0 atom stereocenters. The summed E-state index contributed by atoms with van der Waals surface area (Å²) in [5.74, 6) is -0.519. The Kier molecular flexibility index (Phi) is 5.69. The summed E-state index contributed by atoms with van der Waals surface area (Å²) in [4.78, 5) is 40.5. The van der Waals surface area contributed by atoms with Crippen LogP contribution in [0.25, 0.3) is 5.65 Å². The largest absolute Gasteiger partial charge is 0.497 e. The lowest BCUT2D eigenvalue weighted by Gasteiger charge is -2.08. The first-order valence-electron chi connectivity index (χ1n) is 8.54. The van der Waals surface area contributed by atoms with E-state index in [-0.39, 0.29) is 18.7 Å². The van der Waals surface area contributed by atoms with Crippen LogP contribution in [0.15, 0.2) is 53.3 Å². The van der Waals surface area contributed by atoms with Gasteiger partial charge in [-0.3, -0.25) is 18.8 Å². The van der Waals surface area contributed by atoms with Gasteiger partial charge in [-0.2, -0.15) is 0 Å². The Hall–Kier alpha value is -3.68. The molecule has 0 unspecified atom stereocenters. The van der Waals surface area contributed by atoms with Crippen molar-refractivity contribution in [2.45, 2.75) is 13.5 Å². The number of benzene rings is 1. The van der Waals surface area contributed by atoms with Crippen LogP contribution >= 0.6 is 0 Å². The minimum atomic E-state index is -0.637. The van der Waals surface area contributed by atoms with Crippen LogP contribution in [-0.4, -0.2) is 34.9 Å². The quantitative estimate of drug-likeness (QED) is 0.650. The van der Waals surface area contributed by atoms with Gasteiger partial charge in [0.1, 0.15) is 24.5 Å². The molecule has 1 amide bonds. The van der Waals surface area contributed by atoms with Gasteiger partial charge in [0.15, 0.2) is 0 Å². The molecule has 0 aliphatic carbocycles. The van der Waals surface area contributed by atoms with Crippen LogP contribution in [0.2, 0.25) is 0 Å². The van der Waals surface area contributed by atoms with Crippen molar-refractivity contribution in [1.82, 2.24) is 14.7 Å². The first-order chi connectivity index (χ1) is 13.5. The van der Waals surface area contributed by atoms with E-state index in [9.17, 15) is 14.4 Å². The monoisotopic (exact) mass is 381 g/mol. The van der Waals surface area contributed by atoms with Crippen molar-refractivity contribution in [1.29, 1.82) is 0 Å². The second-order valence-corrected chi connectivity index (χ2v) is 6.02. The fourth-order valence-corrected chi connectivity index (χ4v) is 2.66. The minimum Gasteiger partial charge on any atom is -0.497 e. The second kappa shape index (κ2) is 8.34. The topological polar surface area (TPSA) is 99.0 Å². The van der Waals surface area contributed by atoms with Crippen molar-refractivity contribution in [3.63, 3.8) is 0 Å². The number of pyridine rings is 1. The highest BCUT2D eigenvalue weighted by molar-refractivity contribution is 5.96. The van der Waals surface area contributed by atoms with E-state index in [0.29, 0.717) is 22.7 Å². The average Bonchev–Trinajstić information content (AvgIpc) is 2.70. The maximum atomic E-state index is 12.2. The van der Waals surface area contributed by atoms with E-state index in [1.165, 1.54) is 17.6 Å². The molecular weight excluding hydrogens is 362 g/mol. The fraction of sp³-hybridized carbons (Fsp3) is 0.200. The van der Waals surface area contributed by atoms with Crippen LogP contribution in [0, 0.1) is 6.92 Å². The van der Waals surface area contributed by atoms with Crippen molar-refractivity contribution in [2.24, 2.45) is 0 Å². The Morgan fingerprint density at radius 2 is 1.93 bits per heavy atom. The molecule has 2 heterocycles. The molecule has 3 rings (SSSR count). The molecule has 0 aliphatic heterocycles. The summed E-state index contributed by atoms with van der Waals surface area (Å²) in [5.41, 5.74) is 1.69. The Balaban J connectivity index is 1.58. The van der Waals surface area contributed by atoms with Crippen molar-refractivity contribution in [3.8, 4) is 5.75 Å². The Labute approximate surface area is 160 Å². The molecule has 1 aromatic carbocycles. The van der Waals surface area contributed by atoms with Crippen molar-refractivity contribution in [2.75, 3.05) is 13.7 Å². The van der Waals surface area contributed by atoms with E-state index in [1.54, 1.807) is 49.4 Å². The number of esters is 1. The third kappa shape index (κ3) is 4.35. The first kappa shape index (κ1) is 19.1. The van der Waals surface area contributed by atoms with Gasteiger partial charge < -0.3 is 14.8 Å².